The lowest BCUT2D eigenvalue weighted by Crippen LogP contribution is -2.54. The minimum Gasteiger partial charge on any atom is -0.376 e. The number of hydrogen-bond acceptors (Lipinski definition) is 2. The van der Waals surface area contributed by atoms with Gasteiger partial charge in [0.15, 0.2) is 0 Å². The average Bonchev–Trinajstić information content (AvgIpc) is 2.32. The molecule has 0 aromatic rings. The summed E-state index contributed by atoms with van der Waals surface area (Å²) in [6.07, 6.45) is 5.99. The summed E-state index contributed by atoms with van der Waals surface area (Å²) in [5, 5.41) is 3.62. The van der Waals surface area contributed by atoms with Gasteiger partial charge < -0.3 is 10.1 Å². The Labute approximate surface area is 107 Å². The van der Waals surface area contributed by atoms with Crippen LogP contribution in [0.15, 0.2) is 12.2 Å². The van der Waals surface area contributed by atoms with E-state index in [-0.39, 0.29) is 5.60 Å². The molecule has 0 aliphatic heterocycles. The zero-order chi connectivity index (χ0) is 12.9. The standard InChI is InChI=1S/C15H29NO/c1-6-11-16-14(12(2)3)15(17-5)9-7-13(4)8-10-15/h13-14,16H,2,6-11H2,1,3-5H3. The zero-order valence-electron chi connectivity index (χ0n) is 12.0. The zero-order valence-corrected chi connectivity index (χ0v) is 12.0. The molecule has 2 heteroatoms. The van der Waals surface area contributed by atoms with E-state index in [9.17, 15) is 0 Å². The van der Waals surface area contributed by atoms with E-state index in [2.05, 4.69) is 32.7 Å². The van der Waals surface area contributed by atoms with Crippen LogP contribution in [-0.2, 0) is 4.74 Å². The highest BCUT2D eigenvalue weighted by atomic mass is 16.5. The first-order chi connectivity index (χ1) is 8.05. The molecule has 1 fully saturated rings. The summed E-state index contributed by atoms with van der Waals surface area (Å²) in [5.74, 6) is 0.843. The maximum atomic E-state index is 5.92. The third-order valence-electron chi connectivity index (χ3n) is 4.14. The summed E-state index contributed by atoms with van der Waals surface area (Å²) in [6, 6.07) is 0.306. The Morgan fingerprint density at radius 1 is 1.47 bits per heavy atom. The second-order valence-corrected chi connectivity index (χ2v) is 5.68. The second kappa shape index (κ2) is 6.55. The monoisotopic (exact) mass is 239 g/mol. The Bertz CT molecular complexity index is 241. The largest absolute Gasteiger partial charge is 0.376 e. The van der Waals surface area contributed by atoms with Gasteiger partial charge in [-0.2, -0.15) is 0 Å². The van der Waals surface area contributed by atoms with Crippen LogP contribution in [0, 0.1) is 5.92 Å². The summed E-state index contributed by atoms with van der Waals surface area (Å²) in [6.45, 7) is 11.9. The van der Waals surface area contributed by atoms with Gasteiger partial charge in [-0.15, -0.1) is 0 Å². The lowest BCUT2D eigenvalue weighted by atomic mass is 9.73. The van der Waals surface area contributed by atoms with Gasteiger partial charge in [0.1, 0.15) is 0 Å². The molecule has 1 N–H and O–H groups in total. The minimum absolute atomic E-state index is 0.0203. The van der Waals surface area contributed by atoms with Gasteiger partial charge in [-0.25, -0.2) is 0 Å². The van der Waals surface area contributed by atoms with E-state index in [0.29, 0.717) is 6.04 Å². The number of methoxy groups -OCH3 is 1. The Kier molecular flexibility index (Phi) is 5.68. The molecule has 1 aliphatic rings. The highest BCUT2D eigenvalue weighted by molar-refractivity contribution is 5.13. The predicted molar refractivity (Wildman–Crippen MR) is 74.3 cm³/mol. The molecule has 2 nitrogen and oxygen atoms in total. The highest BCUT2D eigenvalue weighted by Gasteiger charge is 2.41. The molecule has 0 bridgehead atoms. The number of nitrogens with one attached hydrogen (secondary N) is 1. The van der Waals surface area contributed by atoms with Crippen LogP contribution >= 0.6 is 0 Å². The van der Waals surface area contributed by atoms with Crippen molar-refractivity contribution in [2.45, 2.75) is 64.5 Å². The van der Waals surface area contributed by atoms with E-state index in [1.165, 1.54) is 18.4 Å². The van der Waals surface area contributed by atoms with Crippen molar-refractivity contribution in [3.63, 3.8) is 0 Å². The van der Waals surface area contributed by atoms with Crippen molar-refractivity contribution in [1.29, 1.82) is 0 Å². The smallest absolute Gasteiger partial charge is 0.0869 e. The lowest BCUT2D eigenvalue weighted by Gasteiger charge is -2.44. The quantitative estimate of drug-likeness (QED) is 0.716. The van der Waals surface area contributed by atoms with Crippen LogP contribution in [0.1, 0.15) is 52.9 Å². The van der Waals surface area contributed by atoms with Crippen molar-refractivity contribution in [3.05, 3.63) is 12.2 Å². The molecule has 100 valence electrons. The fraction of sp³-hybridized carbons (Fsp3) is 0.867. The van der Waals surface area contributed by atoms with Crippen LogP contribution < -0.4 is 5.32 Å². The van der Waals surface area contributed by atoms with Crippen LogP contribution in [0.25, 0.3) is 0 Å². The molecule has 0 aromatic carbocycles. The van der Waals surface area contributed by atoms with E-state index in [4.69, 9.17) is 4.74 Å². The van der Waals surface area contributed by atoms with Crippen molar-refractivity contribution in [2.75, 3.05) is 13.7 Å². The van der Waals surface area contributed by atoms with Crippen LogP contribution in [0.2, 0.25) is 0 Å². The van der Waals surface area contributed by atoms with Gasteiger partial charge in [-0.3, -0.25) is 0 Å². The van der Waals surface area contributed by atoms with Crippen LogP contribution in [0.3, 0.4) is 0 Å². The molecule has 0 amide bonds. The highest BCUT2D eigenvalue weighted by Crippen LogP contribution is 2.38. The molecular weight excluding hydrogens is 210 g/mol. The van der Waals surface area contributed by atoms with E-state index < -0.39 is 0 Å². The Morgan fingerprint density at radius 2 is 2.06 bits per heavy atom. The third kappa shape index (κ3) is 3.56. The normalized spacial score (nSPS) is 31.2. The van der Waals surface area contributed by atoms with Crippen molar-refractivity contribution in [1.82, 2.24) is 5.32 Å². The Balaban J connectivity index is 2.76. The Morgan fingerprint density at radius 3 is 2.47 bits per heavy atom. The summed E-state index contributed by atoms with van der Waals surface area (Å²) < 4.78 is 5.92. The molecule has 1 rings (SSSR count). The fourth-order valence-electron chi connectivity index (χ4n) is 2.96. The van der Waals surface area contributed by atoms with E-state index in [1.54, 1.807) is 0 Å². The van der Waals surface area contributed by atoms with Gasteiger partial charge in [-0.05, 0) is 51.5 Å². The van der Waals surface area contributed by atoms with Crippen molar-refractivity contribution >= 4 is 0 Å². The minimum atomic E-state index is -0.0203. The molecule has 1 aliphatic carbocycles. The van der Waals surface area contributed by atoms with Gasteiger partial charge in [0.05, 0.1) is 11.6 Å². The first-order valence-corrected chi connectivity index (χ1v) is 6.99. The summed E-state index contributed by atoms with van der Waals surface area (Å²) in [5.41, 5.74) is 1.18. The van der Waals surface area contributed by atoms with E-state index in [0.717, 1.165) is 31.7 Å². The van der Waals surface area contributed by atoms with Crippen molar-refractivity contribution < 1.29 is 4.74 Å². The van der Waals surface area contributed by atoms with Gasteiger partial charge >= 0.3 is 0 Å². The summed E-state index contributed by atoms with van der Waals surface area (Å²) in [4.78, 5) is 0. The van der Waals surface area contributed by atoms with Gasteiger partial charge in [-0.1, -0.05) is 26.0 Å². The SMILES string of the molecule is C=C(C)C(NCCC)C1(OC)CCC(C)CC1. The van der Waals surface area contributed by atoms with Gasteiger partial charge in [0.25, 0.3) is 0 Å². The molecule has 0 aromatic heterocycles. The molecular formula is C15H29NO. The number of rotatable bonds is 6. The average molecular weight is 239 g/mol. The second-order valence-electron chi connectivity index (χ2n) is 5.68. The first-order valence-electron chi connectivity index (χ1n) is 6.99. The van der Waals surface area contributed by atoms with Crippen LogP contribution in [0.4, 0.5) is 0 Å². The molecule has 0 radical (unpaired) electrons. The molecule has 1 unspecified atom stereocenters. The summed E-state index contributed by atoms with van der Waals surface area (Å²) in [7, 11) is 1.86. The number of ether oxygens (including phenoxy) is 1. The maximum Gasteiger partial charge on any atom is 0.0869 e. The third-order valence-corrected chi connectivity index (χ3v) is 4.14. The molecule has 0 heterocycles. The Hall–Kier alpha value is -0.340. The number of hydrogen-bond donors (Lipinski definition) is 1. The van der Waals surface area contributed by atoms with Crippen LogP contribution in [-0.4, -0.2) is 25.3 Å². The topological polar surface area (TPSA) is 21.3 Å². The molecule has 1 atom stereocenters. The fourth-order valence-corrected chi connectivity index (χ4v) is 2.96. The first kappa shape index (κ1) is 14.7. The molecule has 17 heavy (non-hydrogen) atoms. The molecule has 0 saturated heterocycles. The van der Waals surface area contributed by atoms with Gasteiger partial charge in [0.2, 0.25) is 0 Å². The maximum absolute atomic E-state index is 5.92. The summed E-state index contributed by atoms with van der Waals surface area (Å²) >= 11 is 0. The predicted octanol–water partition coefficient (Wildman–Crippen LogP) is 3.53. The van der Waals surface area contributed by atoms with Crippen molar-refractivity contribution in [3.8, 4) is 0 Å². The van der Waals surface area contributed by atoms with Crippen LogP contribution in [0.5, 0.6) is 0 Å². The van der Waals surface area contributed by atoms with Gasteiger partial charge in [0, 0.05) is 7.11 Å². The van der Waals surface area contributed by atoms with Crippen molar-refractivity contribution in [2.24, 2.45) is 5.92 Å². The van der Waals surface area contributed by atoms with E-state index in [1.807, 2.05) is 7.11 Å². The molecule has 0 spiro atoms. The van der Waals surface area contributed by atoms with E-state index >= 15 is 0 Å². The lowest BCUT2D eigenvalue weighted by molar-refractivity contribution is -0.0660. The molecule has 1 saturated carbocycles.